The van der Waals surface area contributed by atoms with Gasteiger partial charge < -0.3 is 10.8 Å². The molecule has 0 bridgehead atoms. The van der Waals surface area contributed by atoms with Crippen LogP contribution in [0, 0.1) is 5.92 Å². The number of aliphatic carboxylic acids is 1. The number of nitrogens with two attached hydrogens (primary N) is 1. The molecule has 0 aromatic rings. The molecule has 0 aromatic heterocycles. The summed E-state index contributed by atoms with van der Waals surface area (Å²) in [7, 11) is 0. The number of carboxylic acids is 1. The Hall–Kier alpha value is -0.610. The third kappa shape index (κ3) is 1.56. The molecule has 0 heterocycles. The van der Waals surface area contributed by atoms with E-state index in [-0.39, 0.29) is 5.92 Å². The second kappa shape index (κ2) is 3.27. The number of hydrogen-bond acceptors (Lipinski definition) is 2. The quantitative estimate of drug-likeness (QED) is 0.739. The van der Waals surface area contributed by atoms with Gasteiger partial charge in [-0.25, -0.2) is 4.79 Å². The van der Waals surface area contributed by atoms with Crippen LogP contribution in [-0.2, 0) is 4.79 Å². The molecule has 0 aromatic carbocycles. The average Bonchev–Trinajstić information content (AvgIpc) is 1.99. The molecule has 2 atom stereocenters. The maximum absolute atomic E-state index is 11.0. The third-order valence-corrected chi connectivity index (χ3v) is 2.98. The summed E-state index contributed by atoms with van der Waals surface area (Å²) in [5.74, 6) is -1.19. The lowest BCUT2D eigenvalue weighted by Gasteiger charge is -2.33. The van der Waals surface area contributed by atoms with Crippen molar-refractivity contribution in [2.75, 3.05) is 0 Å². The first-order valence-corrected chi connectivity index (χ1v) is 4.76. The van der Waals surface area contributed by atoms with Crippen LogP contribution in [0.1, 0.15) is 13.8 Å². The predicted molar refractivity (Wildman–Crippen MR) is 54.5 cm³/mol. The highest BCUT2D eigenvalue weighted by atomic mass is 79.9. The van der Waals surface area contributed by atoms with Crippen molar-refractivity contribution in [3.63, 3.8) is 0 Å². The van der Waals surface area contributed by atoms with Gasteiger partial charge in [-0.3, -0.25) is 0 Å². The molecule has 0 saturated carbocycles. The van der Waals surface area contributed by atoms with Crippen LogP contribution < -0.4 is 5.73 Å². The lowest BCUT2D eigenvalue weighted by Crippen LogP contribution is -2.54. The zero-order valence-electron chi connectivity index (χ0n) is 7.54. The number of halogens is 1. The van der Waals surface area contributed by atoms with Gasteiger partial charge in [-0.2, -0.15) is 0 Å². The van der Waals surface area contributed by atoms with E-state index in [4.69, 9.17) is 10.8 Å². The summed E-state index contributed by atoms with van der Waals surface area (Å²) < 4.78 is 0.889. The Labute approximate surface area is 85.4 Å². The molecule has 72 valence electrons. The molecule has 0 aliphatic heterocycles. The summed E-state index contributed by atoms with van der Waals surface area (Å²) >= 11 is 3.31. The molecule has 2 unspecified atom stereocenters. The molecule has 3 N–H and O–H groups in total. The molecular weight excluding hydrogens is 234 g/mol. The lowest BCUT2D eigenvalue weighted by molar-refractivity contribution is -0.143. The predicted octanol–water partition coefficient (Wildman–Crippen LogP) is 1.64. The Morgan fingerprint density at radius 3 is 2.69 bits per heavy atom. The van der Waals surface area contributed by atoms with Crippen molar-refractivity contribution in [2.45, 2.75) is 19.4 Å². The molecule has 1 aliphatic rings. The van der Waals surface area contributed by atoms with E-state index < -0.39 is 11.5 Å². The topological polar surface area (TPSA) is 63.3 Å². The van der Waals surface area contributed by atoms with Gasteiger partial charge in [0.05, 0.1) is 0 Å². The highest BCUT2D eigenvalue weighted by Gasteiger charge is 2.42. The van der Waals surface area contributed by atoms with Gasteiger partial charge in [0.1, 0.15) is 5.54 Å². The minimum absolute atomic E-state index is 0.204. The Morgan fingerprint density at radius 2 is 2.31 bits per heavy atom. The number of carbonyl (C=O) groups is 1. The van der Waals surface area contributed by atoms with Crippen LogP contribution in [0.4, 0.5) is 0 Å². The van der Waals surface area contributed by atoms with Gasteiger partial charge in [-0.1, -0.05) is 28.9 Å². The molecule has 1 rings (SSSR count). The number of rotatable bonds is 1. The first kappa shape index (κ1) is 10.5. The standard InChI is InChI=1S/C9H12BrNO2/c1-5-3-7(10)4-6(2)9(5,11)8(12)13/h3-5H,11H2,1-2H3,(H,12,13). The molecule has 0 saturated heterocycles. The van der Waals surface area contributed by atoms with Crippen molar-refractivity contribution < 1.29 is 9.90 Å². The summed E-state index contributed by atoms with van der Waals surface area (Å²) in [6, 6.07) is 0. The molecule has 0 spiro atoms. The fourth-order valence-corrected chi connectivity index (χ4v) is 2.21. The summed E-state index contributed by atoms with van der Waals surface area (Å²) in [4.78, 5) is 11.0. The van der Waals surface area contributed by atoms with E-state index >= 15 is 0 Å². The average molecular weight is 246 g/mol. The first-order chi connectivity index (χ1) is 5.89. The van der Waals surface area contributed by atoms with Crippen LogP contribution in [-0.4, -0.2) is 16.6 Å². The van der Waals surface area contributed by atoms with Gasteiger partial charge in [-0.15, -0.1) is 0 Å². The van der Waals surface area contributed by atoms with Crippen molar-refractivity contribution >= 4 is 21.9 Å². The molecule has 3 nitrogen and oxygen atoms in total. The van der Waals surface area contributed by atoms with Crippen LogP contribution in [0.5, 0.6) is 0 Å². The molecular formula is C9H12BrNO2. The molecule has 0 radical (unpaired) electrons. The normalized spacial score (nSPS) is 33.7. The number of carboxylic acid groups (broad SMARTS) is 1. The van der Waals surface area contributed by atoms with E-state index in [1.54, 1.807) is 26.0 Å². The van der Waals surface area contributed by atoms with Crippen LogP contribution in [0.15, 0.2) is 22.2 Å². The minimum Gasteiger partial charge on any atom is -0.480 e. The zero-order valence-corrected chi connectivity index (χ0v) is 9.13. The molecule has 4 heteroatoms. The van der Waals surface area contributed by atoms with Crippen LogP contribution in [0.2, 0.25) is 0 Å². The second-order valence-electron chi connectivity index (χ2n) is 3.34. The maximum atomic E-state index is 11.0. The lowest BCUT2D eigenvalue weighted by atomic mass is 9.77. The third-order valence-electron chi connectivity index (χ3n) is 2.49. The summed E-state index contributed by atoms with van der Waals surface area (Å²) in [6.45, 7) is 3.53. The van der Waals surface area contributed by atoms with Gasteiger partial charge in [0.25, 0.3) is 0 Å². The SMILES string of the molecule is CC1=CC(Br)=CC(C)C1(N)C(=O)O. The van der Waals surface area contributed by atoms with E-state index in [2.05, 4.69) is 15.9 Å². The van der Waals surface area contributed by atoms with Crippen molar-refractivity contribution in [2.24, 2.45) is 11.7 Å². The van der Waals surface area contributed by atoms with Gasteiger partial charge >= 0.3 is 5.97 Å². The monoisotopic (exact) mass is 245 g/mol. The van der Waals surface area contributed by atoms with E-state index in [0.717, 1.165) is 4.48 Å². The first-order valence-electron chi connectivity index (χ1n) is 3.97. The van der Waals surface area contributed by atoms with E-state index in [1.807, 2.05) is 0 Å². The number of allylic oxidation sites excluding steroid dienone is 2. The van der Waals surface area contributed by atoms with Crippen molar-refractivity contribution in [3.8, 4) is 0 Å². The fraction of sp³-hybridized carbons (Fsp3) is 0.444. The van der Waals surface area contributed by atoms with Crippen LogP contribution in [0.25, 0.3) is 0 Å². The van der Waals surface area contributed by atoms with Gasteiger partial charge in [0.2, 0.25) is 0 Å². The van der Waals surface area contributed by atoms with Crippen LogP contribution in [0.3, 0.4) is 0 Å². The molecule has 0 amide bonds. The summed E-state index contributed by atoms with van der Waals surface area (Å²) in [6.07, 6.45) is 3.55. The van der Waals surface area contributed by atoms with E-state index in [9.17, 15) is 4.79 Å². The fourth-order valence-electron chi connectivity index (χ4n) is 1.47. The second-order valence-corrected chi connectivity index (χ2v) is 4.26. The largest absolute Gasteiger partial charge is 0.480 e. The Morgan fingerprint density at radius 1 is 1.77 bits per heavy atom. The molecule has 0 fully saturated rings. The van der Waals surface area contributed by atoms with Crippen molar-refractivity contribution in [1.29, 1.82) is 0 Å². The Kier molecular flexibility index (Phi) is 2.63. The van der Waals surface area contributed by atoms with E-state index in [0.29, 0.717) is 5.57 Å². The molecule has 13 heavy (non-hydrogen) atoms. The Balaban J connectivity index is 3.16. The van der Waals surface area contributed by atoms with Crippen molar-refractivity contribution in [3.05, 3.63) is 22.2 Å². The van der Waals surface area contributed by atoms with Crippen molar-refractivity contribution in [1.82, 2.24) is 0 Å². The summed E-state index contributed by atoms with van der Waals surface area (Å²) in [5.41, 5.74) is 5.23. The summed E-state index contributed by atoms with van der Waals surface area (Å²) in [5, 5.41) is 9.01. The highest BCUT2D eigenvalue weighted by molar-refractivity contribution is 9.11. The van der Waals surface area contributed by atoms with E-state index in [1.165, 1.54) is 0 Å². The highest BCUT2D eigenvalue weighted by Crippen LogP contribution is 2.32. The zero-order chi connectivity index (χ0) is 10.2. The van der Waals surface area contributed by atoms with Gasteiger partial charge in [0, 0.05) is 10.4 Å². The maximum Gasteiger partial charge on any atom is 0.328 e. The minimum atomic E-state index is -1.25. The molecule has 1 aliphatic carbocycles. The van der Waals surface area contributed by atoms with Gasteiger partial charge in [-0.05, 0) is 18.6 Å². The number of hydrogen-bond donors (Lipinski definition) is 2. The Bertz CT molecular complexity index is 309. The van der Waals surface area contributed by atoms with Crippen LogP contribution >= 0.6 is 15.9 Å². The van der Waals surface area contributed by atoms with Gasteiger partial charge in [0.15, 0.2) is 0 Å². The smallest absolute Gasteiger partial charge is 0.328 e.